The zero-order valence-electron chi connectivity index (χ0n) is 21.6. The zero-order chi connectivity index (χ0) is 26.0. The smallest absolute Gasteiger partial charge is 0.295 e. The summed E-state index contributed by atoms with van der Waals surface area (Å²) in [5.41, 5.74) is 3.46. The summed E-state index contributed by atoms with van der Waals surface area (Å²) >= 11 is 0. The summed E-state index contributed by atoms with van der Waals surface area (Å²) < 4.78 is 7.59. The summed E-state index contributed by atoms with van der Waals surface area (Å²) in [6.45, 7) is 7.59. The molecular formula is C28H34N4O4. The molecule has 8 heteroatoms. The molecule has 1 aromatic carbocycles. The van der Waals surface area contributed by atoms with E-state index in [1.54, 1.807) is 4.90 Å². The number of aryl methyl sites for hydroxylation is 2. The van der Waals surface area contributed by atoms with Crippen molar-refractivity contribution in [3.8, 4) is 5.75 Å². The SMILES string of the molecule is CCCOc1ccc(C2/C(=C(\O)c3nc4c(C)cccn4c3C)C(=O)C(=O)N2CCCN(C)C)cc1. The first kappa shape index (κ1) is 25.4. The first-order valence-corrected chi connectivity index (χ1v) is 12.3. The van der Waals surface area contributed by atoms with Crippen molar-refractivity contribution in [2.45, 2.75) is 39.7 Å². The van der Waals surface area contributed by atoms with Gasteiger partial charge in [0.2, 0.25) is 0 Å². The van der Waals surface area contributed by atoms with E-state index in [0.717, 1.165) is 29.8 Å². The number of ketones is 1. The molecule has 36 heavy (non-hydrogen) atoms. The van der Waals surface area contributed by atoms with Crippen molar-refractivity contribution in [1.82, 2.24) is 19.2 Å². The molecule has 1 amide bonds. The molecule has 1 N–H and O–H groups in total. The molecule has 1 aliphatic rings. The topological polar surface area (TPSA) is 87.4 Å². The number of aliphatic hydroxyl groups is 1. The number of hydrogen-bond donors (Lipinski definition) is 1. The molecule has 1 atom stereocenters. The molecule has 3 heterocycles. The lowest BCUT2D eigenvalue weighted by atomic mass is 9.96. The lowest BCUT2D eigenvalue weighted by Crippen LogP contribution is -2.32. The molecule has 0 spiro atoms. The van der Waals surface area contributed by atoms with Crippen molar-refractivity contribution in [1.29, 1.82) is 0 Å². The number of fused-ring (bicyclic) bond motifs is 1. The van der Waals surface area contributed by atoms with Crippen LogP contribution in [0.15, 0.2) is 48.2 Å². The molecule has 1 unspecified atom stereocenters. The van der Waals surface area contributed by atoms with E-state index >= 15 is 0 Å². The van der Waals surface area contributed by atoms with Crippen LogP contribution in [0.5, 0.6) is 5.75 Å². The highest BCUT2D eigenvalue weighted by molar-refractivity contribution is 6.46. The number of amides is 1. The van der Waals surface area contributed by atoms with E-state index in [-0.39, 0.29) is 11.3 Å². The molecule has 1 saturated heterocycles. The van der Waals surface area contributed by atoms with Crippen molar-refractivity contribution >= 4 is 23.1 Å². The Hall–Kier alpha value is -3.65. The van der Waals surface area contributed by atoms with Crippen LogP contribution in [0.4, 0.5) is 0 Å². The number of likely N-dealkylation sites (tertiary alicyclic amines) is 1. The average molecular weight is 491 g/mol. The fourth-order valence-electron chi connectivity index (χ4n) is 4.65. The second-order valence-electron chi connectivity index (χ2n) is 9.50. The minimum absolute atomic E-state index is 0.0660. The number of carbonyl (C=O) groups is 2. The third-order valence-corrected chi connectivity index (χ3v) is 6.52. The van der Waals surface area contributed by atoms with Crippen LogP contribution in [-0.4, -0.2) is 69.8 Å². The fourth-order valence-corrected chi connectivity index (χ4v) is 4.65. The quantitative estimate of drug-likeness (QED) is 0.276. The lowest BCUT2D eigenvalue weighted by molar-refractivity contribution is -0.139. The van der Waals surface area contributed by atoms with Crippen molar-refractivity contribution in [3.05, 3.63) is 70.7 Å². The summed E-state index contributed by atoms with van der Waals surface area (Å²) in [6.07, 6.45) is 3.46. The number of imidazole rings is 1. The number of rotatable bonds is 9. The summed E-state index contributed by atoms with van der Waals surface area (Å²) in [5, 5.41) is 11.5. The third kappa shape index (κ3) is 4.73. The summed E-state index contributed by atoms with van der Waals surface area (Å²) in [5.74, 6) is -0.830. The Balaban J connectivity index is 1.82. The summed E-state index contributed by atoms with van der Waals surface area (Å²) in [6, 6.07) is 10.5. The molecule has 3 aromatic rings. The molecule has 1 fully saturated rings. The lowest BCUT2D eigenvalue weighted by Gasteiger charge is -2.26. The predicted octanol–water partition coefficient (Wildman–Crippen LogP) is 4.11. The zero-order valence-corrected chi connectivity index (χ0v) is 21.6. The molecule has 0 bridgehead atoms. The van der Waals surface area contributed by atoms with Gasteiger partial charge in [-0.15, -0.1) is 0 Å². The summed E-state index contributed by atoms with van der Waals surface area (Å²) in [4.78, 5) is 34.8. The Morgan fingerprint density at radius 3 is 2.50 bits per heavy atom. The van der Waals surface area contributed by atoms with Crippen LogP contribution in [-0.2, 0) is 9.59 Å². The molecule has 4 rings (SSSR count). The van der Waals surface area contributed by atoms with Crippen LogP contribution >= 0.6 is 0 Å². The van der Waals surface area contributed by atoms with Gasteiger partial charge in [0, 0.05) is 12.7 Å². The molecule has 8 nitrogen and oxygen atoms in total. The number of ether oxygens (including phenoxy) is 1. The molecule has 1 aliphatic heterocycles. The largest absolute Gasteiger partial charge is 0.505 e. The monoisotopic (exact) mass is 490 g/mol. The van der Waals surface area contributed by atoms with Crippen molar-refractivity contribution in [3.63, 3.8) is 0 Å². The first-order chi connectivity index (χ1) is 17.2. The molecule has 190 valence electrons. The van der Waals surface area contributed by atoms with Gasteiger partial charge in [0.15, 0.2) is 5.76 Å². The van der Waals surface area contributed by atoms with Crippen LogP contribution in [0, 0.1) is 13.8 Å². The second kappa shape index (κ2) is 10.5. The van der Waals surface area contributed by atoms with E-state index < -0.39 is 17.7 Å². The average Bonchev–Trinajstić information content (AvgIpc) is 3.33. The maximum Gasteiger partial charge on any atom is 0.295 e. The second-order valence-corrected chi connectivity index (χ2v) is 9.50. The van der Waals surface area contributed by atoms with Crippen molar-refractivity contribution in [2.75, 3.05) is 33.8 Å². The minimum Gasteiger partial charge on any atom is -0.505 e. The third-order valence-electron chi connectivity index (χ3n) is 6.52. The standard InChI is InChI=1S/C28H34N4O4/c1-6-17-36-21-12-10-20(11-13-21)24-22(26(34)28(35)32(24)16-8-14-30(4)5)25(33)23-19(3)31-15-7-9-18(2)27(31)29-23/h7,9-13,15,24,33H,6,8,14,16-17H2,1-5H3/b25-22+. The summed E-state index contributed by atoms with van der Waals surface area (Å²) in [7, 11) is 3.93. The van der Waals surface area contributed by atoms with Gasteiger partial charge in [-0.3, -0.25) is 9.59 Å². The highest BCUT2D eigenvalue weighted by Gasteiger charge is 2.46. The van der Waals surface area contributed by atoms with Gasteiger partial charge in [-0.1, -0.05) is 25.1 Å². The number of Topliss-reactive ketones (excluding diaryl/α,β-unsaturated/α-hetero) is 1. The number of pyridine rings is 1. The van der Waals surface area contributed by atoms with Gasteiger partial charge in [-0.2, -0.15) is 0 Å². The normalized spacial score (nSPS) is 17.5. The Morgan fingerprint density at radius 1 is 1.14 bits per heavy atom. The number of hydrogen-bond acceptors (Lipinski definition) is 6. The molecule has 0 saturated carbocycles. The Morgan fingerprint density at radius 2 is 1.86 bits per heavy atom. The van der Waals surface area contributed by atoms with Gasteiger partial charge < -0.3 is 24.0 Å². The number of aromatic nitrogens is 2. The van der Waals surface area contributed by atoms with E-state index in [1.165, 1.54) is 0 Å². The highest BCUT2D eigenvalue weighted by atomic mass is 16.5. The van der Waals surface area contributed by atoms with Gasteiger partial charge in [0.05, 0.1) is 23.9 Å². The maximum absolute atomic E-state index is 13.3. The Kier molecular flexibility index (Phi) is 7.45. The number of benzene rings is 1. The van der Waals surface area contributed by atoms with E-state index in [4.69, 9.17) is 4.74 Å². The van der Waals surface area contributed by atoms with E-state index in [2.05, 4.69) is 4.98 Å². The number of aliphatic hydroxyl groups excluding tert-OH is 1. The van der Waals surface area contributed by atoms with Gasteiger partial charge >= 0.3 is 0 Å². The van der Waals surface area contributed by atoms with Gasteiger partial charge in [0.25, 0.3) is 11.7 Å². The maximum atomic E-state index is 13.3. The molecule has 0 radical (unpaired) electrons. The van der Waals surface area contributed by atoms with E-state index in [9.17, 15) is 14.7 Å². The van der Waals surface area contributed by atoms with Crippen LogP contribution in [0.1, 0.15) is 48.3 Å². The van der Waals surface area contributed by atoms with Gasteiger partial charge in [0.1, 0.15) is 17.1 Å². The Labute approximate surface area is 211 Å². The predicted molar refractivity (Wildman–Crippen MR) is 139 cm³/mol. The molecular weight excluding hydrogens is 456 g/mol. The Bertz CT molecular complexity index is 1310. The van der Waals surface area contributed by atoms with Crippen LogP contribution in [0.3, 0.4) is 0 Å². The van der Waals surface area contributed by atoms with Crippen LogP contribution in [0.25, 0.3) is 11.4 Å². The molecule has 2 aromatic heterocycles. The van der Waals surface area contributed by atoms with Crippen molar-refractivity contribution in [2.24, 2.45) is 0 Å². The van der Waals surface area contributed by atoms with E-state index in [1.807, 2.05) is 86.8 Å². The van der Waals surface area contributed by atoms with Crippen molar-refractivity contribution < 1.29 is 19.4 Å². The number of carbonyl (C=O) groups excluding carboxylic acids is 2. The fraction of sp³-hybridized carbons (Fsp3) is 0.393. The number of nitrogens with zero attached hydrogens (tertiary/aromatic N) is 4. The van der Waals surface area contributed by atoms with Gasteiger partial charge in [-0.25, -0.2) is 4.98 Å². The minimum atomic E-state index is -0.710. The first-order valence-electron chi connectivity index (χ1n) is 12.3. The van der Waals surface area contributed by atoms with E-state index in [0.29, 0.717) is 36.6 Å². The molecule has 0 aliphatic carbocycles. The highest BCUT2D eigenvalue weighted by Crippen LogP contribution is 2.40. The van der Waals surface area contributed by atoms with Crippen LogP contribution in [0.2, 0.25) is 0 Å². The van der Waals surface area contributed by atoms with Crippen LogP contribution < -0.4 is 4.74 Å². The van der Waals surface area contributed by atoms with Gasteiger partial charge in [-0.05, 0) is 76.7 Å².